The molecule has 158 valence electrons. The average Bonchev–Trinajstić information content (AvgIpc) is 2.91. The van der Waals surface area contributed by atoms with Crippen molar-refractivity contribution in [2.45, 2.75) is 51.2 Å². The molecule has 3 aliphatic heterocycles. The van der Waals surface area contributed by atoms with E-state index in [9.17, 15) is 9.59 Å². The van der Waals surface area contributed by atoms with E-state index in [-0.39, 0.29) is 11.9 Å². The van der Waals surface area contributed by atoms with Gasteiger partial charge in [-0.15, -0.1) is 0 Å². The lowest BCUT2D eigenvalue weighted by Gasteiger charge is -2.43. The number of nitrogens with zero attached hydrogens (tertiary/aromatic N) is 3. The van der Waals surface area contributed by atoms with Crippen molar-refractivity contribution in [3.05, 3.63) is 29.3 Å². The number of likely N-dealkylation sites (N-methyl/N-ethyl adjacent to an activating group) is 1. The molecule has 0 N–H and O–H groups in total. The van der Waals surface area contributed by atoms with Gasteiger partial charge in [-0.05, 0) is 69.7 Å². The van der Waals surface area contributed by atoms with Gasteiger partial charge in [0.2, 0.25) is 0 Å². The third-order valence-electron chi connectivity index (χ3n) is 6.73. The number of halogens is 1. The number of imide groups is 1. The first-order chi connectivity index (χ1) is 13.9. The molecule has 0 aliphatic carbocycles. The maximum Gasteiger partial charge on any atom is 0.332 e. The third kappa shape index (κ3) is 3.78. The summed E-state index contributed by atoms with van der Waals surface area (Å²) in [5.74, 6) is 0.563. The average molecular weight is 420 g/mol. The van der Waals surface area contributed by atoms with Gasteiger partial charge >= 0.3 is 6.03 Å². The Hall–Kier alpha value is -1.63. The number of rotatable bonds is 4. The number of benzene rings is 1. The normalized spacial score (nSPS) is 27.8. The highest BCUT2D eigenvalue weighted by Gasteiger charge is 2.57. The summed E-state index contributed by atoms with van der Waals surface area (Å²) in [5.41, 5.74) is -0.122. The van der Waals surface area contributed by atoms with E-state index in [0.29, 0.717) is 42.1 Å². The second-order valence-electron chi connectivity index (χ2n) is 8.55. The van der Waals surface area contributed by atoms with Crippen LogP contribution < -0.4 is 4.90 Å². The van der Waals surface area contributed by atoms with Crippen molar-refractivity contribution in [1.29, 1.82) is 0 Å². The fourth-order valence-corrected chi connectivity index (χ4v) is 5.31. The van der Waals surface area contributed by atoms with E-state index in [1.54, 1.807) is 29.2 Å². The van der Waals surface area contributed by atoms with Gasteiger partial charge in [0.05, 0.1) is 11.8 Å². The number of anilines is 1. The Morgan fingerprint density at radius 1 is 1.17 bits per heavy atom. The van der Waals surface area contributed by atoms with Crippen LogP contribution in [0.1, 0.15) is 39.5 Å². The molecule has 3 heterocycles. The maximum absolute atomic E-state index is 13.5. The van der Waals surface area contributed by atoms with E-state index in [2.05, 4.69) is 11.8 Å². The lowest BCUT2D eigenvalue weighted by atomic mass is 9.85. The van der Waals surface area contributed by atoms with Gasteiger partial charge in [0.25, 0.3) is 5.91 Å². The molecule has 2 atom stereocenters. The van der Waals surface area contributed by atoms with Crippen molar-refractivity contribution in [2.24, 2.45) is 5.92 Å². The Bertz CT molecular complexity index is 761. The molecule has 0 bridgehead atoms. The van der Waals surface area contributed by atoms with Gasteiger partial charge < -0.3 is 14.5 Å². The first kappa shape index (κ1) is 20.6. The van der Waals surface area contributed by atoms with Crippen LogP contribution >= 0.6 is 11.6 Å². The topological polar surface area (TPSA) is 53.1 Å². The molecule has 4 rings (SSSR count). The van der Waals surface area contributed by atoms with Crippen LogP contribution in [0.2, 0.25) is 5.02 Å². The molecule has 29 heavy (non-hydrogen) atoms. The standard InChI is InChI=1S/C22H30ClN3O3/c1-3-25-21(28)26(19-6-4-18(23)5-7-19)20(27)22(25)9-11-24(12-10-22)15-17-8-13-29-16(2)14-17/h4-7,16-17H,3,8-15H2,1-2H3/t16-,17+/m1/s1. The maximum atomic E-state index is 13.5. The Morgan fingerprint density at radius 2 is 1.86 bits per heavy atom. The van der Waals surface area contributed by atoms with E-state index in [1.807, 2.05) is 6.92 Å². The molecule has 3 amide bonds. The number of carbonyl (C=O) groups excluding carboxylic acids is 2. The first-order valence-corrected chi connectivity index (χ1v) is 11.1. The predicted octanol–water partition coefficient (Wildman–Crippen LogP) is 3.78. The molecule has 0 unspecified atom stereocenters. The largest absolute Gasteiger partial charge is 0.378 e. The van der Waals surface area contributed by atoms with Gasteiger partial charge in [0.1, 0.15) is 5.54 Å². The SMILES string of the molecule is CCN1C(=O)N(c2ccc(Cl)cc2)C(=O)C12CCN(C[C@H]1CCO[C@H](C)C1)CC2. The zero-order chi connectivity index (χ0) is 20.6. The first-order valence-electron chi connectivity index (χ1n) is 10.7. The third-order valence-corrected chi connectivity index (χ3v) is 6.99. The van der Waals surface area contributed by atoms with Crippen LogP contribution in [0.4, 0.5) is 10.5 Å². The minimum absolute atomic E-state index is 0.0917. The number of piperidine rings is 1. The molecule has 1 spiro atoms. The van der Waals surface area contributed by atoms with Crippen LogP contribution in [-0.2, 0) is 9.53 Å². The Morgan fingerprint density at radius 3 is 2.48 bits per heavy atom. The summed E-state index contributed by atoms with van der Waals surface area (Å²) in [6.45, 7) is 8.21. The van der Waals surface area contributed by atoms with E-state index < -0.39 is 5.54 Å². The molecule has 3 saturated heterocycles. The minimum Gasteiger partial charge on any atom is -0.378 e. The van der Waals surface area contributed by atoms with Gasteiger partial charge in [0.15, 0.2) is 0 Å². The predicted molar refractivity (Wildman–Crippen MR) is 113 cm³/mol. The van der Waals surface area contributed by atoms with Crippen molar-refractivity contribution in [3.8, 4) is 0 Å². The van der Waals surface area contributed by atoms with E-state index >= 15 is 0 Å². The number of ether oxygens (including phenoxy) is 1. The van der Waals surface area contributed by atoms with Crippen LogP contribution in [0.25, 0.3) is 0 Å². The number of amides is 3. The summed E-state index contributed by atoms with van der Waals surface area (Å²) in [6.07, 6.45) is 3.92. The van der Waals surface area contributed by atoms with Gasteiger partial charge in [-0.3, -0.25) is 4.79 Å². The van der Waals surface area contributed by atoms with Crippen molar-refractivity contribution >= 4 is 29.2 Å². The number of hydrogen-bond acceptors (Lipinski definition) is 4. The molecule has 3 fully saturated rings. The van der Waals surface area contributed by atoms with Crippen molar-refractivity contribution < 1.29 is 14.3 Å². The van der Waals surface area contributed by atoms with Crippen LogP contribution in [0.5, 0.6) is 0 Å². The van der Waals surface area contributed by atoms with Gasteiger partial charge in [-0.1, -0.05) is 11.6 Å². The molecule has 1 aromatic rings. The Balaban J connectivity index is 1.47. The molecular formula is C22H30ClN3O3. The zero-order valence-electron chi connectivity index (χ0n) is 17.3. The van der Waals surface area contributed by atoms with Crippen LogP contribution in [0, 0.1) is 5.92 Å². The quantitative estimate of drug-likeness (QED) is 0.697. The smallest absolute Gasteiger partial charge is 0.332 e. The van der Waals surface area contributed by atoms with Crippen LogP contribution in [0.15, 0.2) is 24.3 Å². The molecule has 6 nitrogen and oxygen atoms in total. The van der Waals surface area contributed by atoms with Gasteiger partial charge in [-0.25, -0.2) is 9.69 Å². The summed E-state index contributed by atoms with van der Waals surface area (Å²) in [7, 11) is 0. The molecule has 7 heteroatoms. The fourth-order valence-electron chi connectivity index (χ4n) is 5.18. The summed E-state index contributed by atoms with van der Waals surface area (Å²) in [6, 6.07) is 6.71. The second kappa shape index (κ2) is 8.25. The highest BCUT2D eigenvalue weighted by molar-refractivity contribution is 6.31. The van der Waals surface area contributed by atoms with Crippen LogP contribution in [-0.4, -0.2) is 66.2 Å². The van der Waals surface area contributed by atoms with Crippen molar-refractivity contribution in [1.82, 2.24) is 9.80 Å². The lowest BCUT2D eigenvalue weighted by molar-refractivity contribution is -0.127. The summed E-state index contributed by atoms with van der Waals surface area (Å²) >= 11 is 5.98. The van der Waals surface area contributed by atoms with E-state index in [1.165, 1.54) is 4.90 Å². The molecule has 3 aliphatic rings. The second-order valence-corrected chi connectivity index (χ2v) is 8.98. The molecular weight excluding hydrogens is 390 g/mol. The van der Waals surface area contributed by atoms with Gasteiger partial charge in [0, 0.05) is 37.8 Å². The Kier molecular flexibility index (Phi) is 5.87. The molecule has 0 saturated carbocycles. The minimum atomic E-state index is -0.717. The molecule has 0 aromatic heterocycles. The fraction of sp³-hybridized carbons (Fsp3) is 0.636. The summed E-state index contributed by atoms with van der Waals surface area (Å²) in [4.78, 5) is 32.2. The zero-order valence-corrected chi connectivity index (χ0v) is 18.0. The highest BCUT2D eigenvalue weighted by Crippen LogP contribution is 2.39. The summed E-state index contributed by atoms with van der Waals surface area (Å²) in [5, 5.41) is 0.589. The van der Waals surface area contributed by atoms with Crippen molar-refractivity contribution in [3.63, 3.8) is 0 Å². The monoisotopic (exact) mass is 419 g/mol. The number of likely N-dealkylation sites (tertiary alicyclic amines) is 1. The molecule has 1 aromatic carbocycles. The van der Waals surface area contributed by atoms with Crippen LogP contribution in [0.3, 0.4) is 0 Å². The number of hydrogen-bond donors (Lipinski definition) is 0. The summed E-state index contributed by atoms with van der Waals surface area (Å²) < 4.78 is 5.67. The highest BCUT2D eigenvalue weighted by atomic mass is 35.5. The van der Waals surface area contributed by atoms with Gasteiger partial charge in [-0.2, -0.15) is 0 Å². The molecule has 0 radical (unpaired) electrons. The van der Waals surface area contributed by atoms with E-state index in [4.69, 9.17) is 16.3 Å². The lowest BCUT2D eigenvalue weighted by Crippen LogP contribution is -2.57. The number of urea groups is 1. The Labute approximate surface area is 177 Å². The van der Waals surface area contributed by atoms with E-state index in [0.717, 1.165) is 39.1 Å². The number of carbonyl (C=O) groups is 2. The van der Waals surface area contributed by atoms with Crippen molar-refractivity contribution in [2.75, 3.05) is 37.7 Å².